The highest BCUT2D eigenvalue weighted by Crippen LogP contribution is 2.33. The van der Waals surface area contributed by atoms with Gasteiger partial charge in [0.15, 0.2) is 6.61 Å². The summed E-state index contributed by atoms with van der Waals surface area (Å²) in [5, 5.41) is 4.63. The van der Waals surface area contributed by atoms with Gasteiger partial charge in [-0.3, -0.25) is 4.79 Å². The first kappa shape index (κ1) is 18.1. The summed E-state index contributed by atoms with van der Waals surface area (Å²) in [5.74, 6) is -1.20. The fourth-order valence-corrected chi connectivity index (χ4v) is 2.49. The van der Waals surface area contributed by atoms with Crippen LogP contribution in [-0.4, -0.2) is 28.8 Å². The maximum Gasteiger partial charge on any atom is 0.445 e. The van der Waals surface area contributed by atoms with Gasteiger partial charge in [-0.15, -0.1) is 5.10 Å². The summed E-state index contributed by atoms with van der Waals surface area (Å²) >= 11 is 0.187. The molecule has 0 radical (unpaired) electrons. The van der Waals surface area contributed by atoms with Crippen LogP contribution in [0.15, 0.2) is 24.3 Å². The molecule has 0 atom stereocenters. The normalized spacial score (nSPS) is 11.6. The Bertz CT molecular complexity index is 718. The molecule has 0 aliphatic carbocycles. The Morgan fingerprint density at radius 3 is 2.50 bits per heavy atom. The zero-order chi connectivity index (χ0) is 17.9. The second kappa shape index (κ2) is 7.12. The number of aromatic nitrogens is 2. The first-order valence-corrected chi connectivity index (χ1v) is 7.62. The van der Waals surface area contributed by atoms with Gasteiger partial charge in [0.2, 0.25) is 5.01 Å². The van der Waals surface area contributed by atoms with E-state index in [0.717, 1.165) is 0 Å². The number of halogens is 4. The van der Waals surface area contributed by atoms with Crippen LogP contribution in [0, 0.1) is 5.82 Å². The molecule has 1 amide bonds. The van der Waals surface area contributed by atoms with Crippen molar-refractivity contribution in [2.24, 2.45) is 0 Å². The summed E-state index contributed by atoms with van der Waals surface area (Å²) in [6.07, 6.45) is -4.62. The first-order valence-electron chi connectivity index (χ1n) is 6.80. The van der Waals surface area contributed by atoms with E-state index in [1.54, 1.807) is 19.9 Å². The SMILES string of the molecule is CC(C)N(C(=O)COc1nnc(C(F)(F)F)s1)c1ccccc1F. The lowest BCUT2D eigenvalue weighted by Gasteiger charge is -2.26. The van der Waals surface area contributed by atoms with Gasteiger partial charge in [-0.2, -0.15) is 13.2 Å². The van der Waals surface area contributed by atoms with Crippen LogP contribution in [0.2, 0.25) is 0 Å². The Balaban J connectivity index is 2.09. The van der Waals surface area contributed by atoms with Gasteiger partial charge >= 0.3 is 6.18 Å². The van der Waals surface area contributed by atoms with E-state index in [1.165, 1.54) is 23.1 Å². The maximum atomic E-state index is 13.9. The minimum atomic E-state index is -4.62. The number of carbonyl (C=O) groups is 1. The molecular weight excluding hydrogens is 350 g/mol. The van der Waals surface area contributed by atoms with E-state index >= 15 is 0 Å². The monoisotopic (exact) mass is 363 g/mol. The summed E-state index contributed by atoms with van der Waals surface area (Å²) in [5.41, 5.74) is 0.0642. The first-order chi connectivity index (χ1) is 11.2. The number of alkyl halides is 3. The van der Waals surface area contributed by atoms with Crippen LogP contribution in [0.4, 0.5) is 23.2 Å². The van der Waals surface area contributed by atoms with Gasteiger partial charge in [0.25, 0.3) is 11.1 Å². The number of carbonyl (C=O) groups excluding carboxylic acids is 1. The highest BCUT2D eigenvalue weighted by molar-refractivity contribution is 7.13. The van der Waals surface area contributed by atoms with Crippen molar-refractivity contribution in [2.75, 3.05) is 11.5 Å². The standard InChI is InChI=1S/C14H13F4N3O2S/c1-8(2)21(10-6-4-3-5-9(10)15)11(22)7-23-13-20-19-12(24-13)14(16,17)18/h3-6,8H,7H2,1-2H3. The maximum absolute atomic E-state index is 13.9. The molecule has 0 aliphatic heterocycles. The van der Waals surface area contributed by atoms with Crippen molar-refractivity contribution in [1.29, 1.82) is 0 Å². The minimum Gasteiger partial charge on any atom is -0.459 e. The Labute approximate surface area is 138 Å². The lowest BCUT2D eigenvalue weighted by molar-refractivity contribution is -0.138. The Morgan fingerprint density at radius 1 is 1.29 bits per heavy atom. The second-order valence-corrected chi connectivity index (χ2v) is 5.91. The van der Waals surface area contributed by atoms with E-state index in [2.05, 4.69) is 10.2 Å². The van der Waals surface area contributed by atoms with E-state index < -0.39 is 29.5 Å². The lowest BCUT2D eigenvalue weighted by atomic mass is 10.2. The highest BCUT2D eigenvalue weighted by atomic mass is 32.1. The molecule has 130 valence electrons. The number of amides is 1. The molecular formula is C14H13F4N3O2S. The van der Waals surface area contributed by atoms with E-state index in [1.807, 2.05) is 0 Å². The Hall–Kier alpha value is -2.23. The van der Waals surface area contributed by atoms with Gasteiger partial charge in [0.1, 0.15) is 5.82 Å². The molecule has 0 bridgehead atoms. The van der Waals surface area contributed by atoms with E-state index in [-0.39, 0.29) is 28.3 Å². The molecule has 0 saturated carbocycles. The predicted octanol–water partition coefficient (Wildman–Crippen LogP) is 3.52. The molecule has 0 N–H and O–H groups in total. The third-order valence-electron chi connectivity index (χ3n) is 2.87. The van der Waals surface area contributed by atoms with Crippen molar-refractivity contribution in [1.82, 2.24) is 10.2 Å². The predicted molar refractivity (Wildman–Crippen MR) is 79.4 cm³/mol. The van der Waals surface area contributed by atoms with Crippen molar-refractivity contribution in [2.45, 2.75) is 26.1 Å². The summed E-state index contributed by atoms with van der Waals surface area (Å²) in [6.45, 7) is 2.77. The van der Waals surface area contributed by atoms with Crippen LogP contribution < -0.4 is 9.64 Å². The number of benzene rings is 1. The number of hydrogen-bond donors (Lipinski definition) is 0. The van der Waals surface area contributed by atoms with Crippen molar-refractivity contribution in [3.05, 3.63) is 35.1 Å². The molecule has 24 heavy (non-hydrogen) atoms. The van der Waals surface area contributed by atoms with Gasteiger partial charge in [0.05, 0.1) is 5.69 Å². The summed E-state index contributed by atoms with van der Waals surface area (Å²) in [6, 6.07) is 5.32. The van der Waals surface area contributed by atoms with Gasteiger partial charge in [-0.05, 0) is 26.0 Å². The quantitative estimate of drug-likeness (QED) is 0.763. The molecule has 0 unspecified atom stereocenters. The summed E-state index contributed by atoms with van der Waals surface area (Å²) in [7, 11) is 0. The number of rotatable bonds is 5. The van der Waals surface area contributed by atoms with Crippen molar-refractivity contribution in [3.63, 3.8) is 0 Å². The fraction of sp³-hybridized carbons (Fsp3) is 0.357. The molecule has 0 spiro atoms. The average Bonchev–Trinajstić information content (AvgIpc) is 2.96. The molecule has 1 heterocycles. The van der Waals surface area contributed by atoms with Crippen LogP contribution in [0.3, 0.4) is 0 Å². The van der Waals surface area contributed by atoms with Gasteiger partial charge in [0, 0.05) is 6.04 Å². The minimum absolute atomic E-state index is 0.0642. The number of ether oxygens (including phenoxy) is 1. The van der Waals surface area contributed by atoms with Gasteiger partial charge < -0.3 is 9.64 Å². The van der Waals surface area contributed by atoms with Gasteiger partial charge in [-0.1, -0.05) is 28.6 Å². The molecule has 0 fully saturated rings. The average molecular weight is 363 g/mol. The molecule has 5 nitrogen and oxygen atoms in total. The van der Waals surface area contributed by atoms with Crippen LogP contribution >= 0.6 is 11.3 Å². The largest absolute Gasteiger partial charge is 0.459 e. The number of para-hydroxylation sites is 1. The number of anilines is 1. The van der Waals surface area contributed by atoms with Crippen molar-refractivity contribution >= 4 is 22.9 Å². The Kier molecular flexibility index (Phi) is 5.37. The van der Waals surface area contributed by atoms with E-state index in [4.69, 9.17) is 4.74 Å². The third kappa shape index (κ3) is 4.19. The number of nitrogens with zero attached hydrogens (tertiary/aromatic N) is 3. The molecule has 1 aromatic heterocycles. The molecule has 0 aliphatic rings. The summed E-state index contributed by atoms with van der Waals surface area (Å²) in [4.78, 5) is 13.5. The lowest BCUT2D eigenvalue weighted by Crippen LogP contribution is -2.40. The Morgan fingerprint density at radius 2 is 1.96 bits per heavy atom. The number of hydrogen-bond acceptors (Lipinski definition) is 5. The van der Waals surface area contributed by atoms with E-state index in [0.29, 0.717) is 0 Å². The second-order valence-electron chi connectivity index (χ2n) is 4.97. The van der Waals surface area contributed by atoms with Crippen LogP contribution in [0.5, 0.6) is 5.19 Å². The highest BCUT2D eigenvalue weighted by Gasteiger charge is 2.36. The zero-order valence-electron chi connectivity index (χ0n) is 12.7. The zero-order valence-corrected chi connectivity index (χ0v) is 13.5. The molecule has 0 saturated heterocycles. The van der Waals surface area contributed by atoms with Crippen LogP contribution in [0.1, 0.15) is 18.9 Å². The summed E-state index contributed by atoms with van der Waals surface area (Å²) < 4.78 is 56.2. The van der Waals surface area contributed by atoms with Crippen molar-refractivity contribution in [3.8, 4) is 5.19 Å². The fourth-order valence-electron chi connectivity index (χ4n) is 1.92. The molecule has 10 heteroatoms. The molecule has 2 rings (SSSR count). The smallest absolute Gasteiger partial charge is 0.445 e. The third-order valence-corrected chi connectivity index (χ3v) is 3.75. The van der Waals surface area contributed by atoms with Crippen molar-refractivity contribution < 1.29 is 27.1 Å². The van der Waals surface area contributed by atoms with Gasteiger partial charge in [-0.25, -0.2) is 4.39 Å². The topological polar surface area (TPSA) is 55.3 Å². The van der Waals surface area contributed by atoms with Crippen LogP contribution in [-0.2, 0) is 11.0 Å². The molecule has 2 aromatic rings. The van der Waals surface area contributed by atoms with Crippen LogP contribution in [0.25, 0.3) is 0 Å². The molecule has 1 aromatic carbocycles. The van der Waals surface area contributed by atoms with E-state index in [9.17, 15) is 22.4 Å².